The summed E-state index contributed by atoms with van der Waals surface area (Å²) < 4.78 is 24.0. The molecule has 2 aromatic rings. The molecule has 0 spiro atoms. The van der Waals surface area contributed by atoms with Crippen LogP contribution in [-0.2, 0) is 18.4 Å². The number of amides is 3. The van der Waals surface area contributed by atoms with Crippen molar-refractivity contribution in [2.45, 2.75) is 19.9 Å². The number of aromatic nitrogens is 2. The molecule has 200 valence electrons. The molecule has 1 aliphatic rings. The van der Waals surface area contributed by atoms with Crippen molar-refractivity contribution < 1.29 is 33.1 Å². The summed E-state index contributed by atoms with van der Waals surface area (Å²) in [4.78, 5) is 49.0. The highest BCUT2D eigenvalue weighted by atomic mass is 35.5. The lowest BCUT2D eigenvalue weighted by molar-refractivity contribution is -0.134. The number of rotatable bonds is 10. The molecule has 0 aliphatic carbocycles. The molecule has 3 rings (SSSR count). The molecule has 0 radical (unpaired) electrons. The van der Waals surface area contributed by atoms with Gasteiger partial charge in [0.25, 0.3) is 5.91 Å². The van der Waals surface area contributed by atoms with Gasteiger partial charge in [0.15, 0.2) is 5.82 Å². The van der Waals surface area contributed by atoms with Gasteiger partial charge in [-0.1, -0.05) is 41.9 Å². The van der Waals surface area contributed by atoms with Crippen LogP contribution in [0, 0.1) is 0 Å². The van der Waals surface area contributed by atoms with Gasteiger partial charge in [0.1, 0.15) is 16.9 Å². The second kappa shape index (κ2) is 13.0. The van der Waals surface area contributed by atoms with Crippen molar-refractivity contribution in [3.8, 4) is 11.4 Å². The van der Waals surface area contributed by atoms with E-state index >= 15 is 0 Å². The Morgan fingerprint density at radius 3 is 2.22 bits per heavy atom. The van der Waals surface area contributed by atoms with E-state index in [1.54, 1.807) is 38.1 Å². The second-order valence-electron chi connectivity index (χ2n) is 8.02. The maximum absolute atomic E-state index is 13.4. The number of carbonyl (C=O) groups is 3. The highest BCUT2D eigenvalue weighted by Gasteiger charge is 2.37. The number of carboxylic acid groups (broad SMARTS) is 1. The second-order valence-corrected chi connectivity index (χ2v) is 10.5. The number of benzene rings is 1. The summed E-state index contributed by atoms with van der Waals surface area (Å²) in [7, 11) is -3.75. The Kier molecular flexibility index (Phi) is 9.99. The van der Waals surface area contributed by atoms with Gasteiger partial charge in [0, 0.05) is 37.8 Å². The smallest absolute Gasteiger partial charge is 0.407 e. The van der Waals surface area contributed by atoms with E-state index in [1.807, 2.05) is 6.07 Å². The van der Waals surface area contributed by atoms with Crippen molar-refractivity contribution in [1.29, 1.82) is 0 Å². The Morgan fingerprint density at radius 2 is 1.65 bits per heavy atom. The topological polar surface area (TPSA) is 151 Å². The largest absolute Gasteiger partial charge is 0.465 e. The van der Waals surface area contributed by atoms with Crippen LogP contribution in [0.4, 0.5) is 4.79 Å². The van der Waals surface area contributed by atoms with E-state index in [1.165, 1.54) is 15.9 Å². The summed E-state index contributed by atoms with van der Waals surface area (Å²) >= 11 is 6.15. The normalized spacial score (nSPS) is 14.8. The molecule has 37 heavy (non-hydrogen) atoms. The molecule has 2 N–H and O–H groups in total. The van der Waals surface area contributed by atoms with Crippen molar-refractivity contribution in [1.82, 2.24) is 25.1 Å². The number of nitrogens with one attached hydrogen (secondary N) is 1. The molecule has 0 unspecified atom stereocenters. The summed E-state index contributed by atoms with van der Waals surface area (Å²) in [6.07, 6.45) is -1.49. The number of piperazine rings is 1. The minimum atomic E-state index is -3.75. The molecule has 1 aliphatic heterocycles. The van der Waals surface area contributed by atoms with Crippen LogP contribution in [0.25, 0.3) is 11.4 Å². The zero-order chi connectivity index (χ0) is 27.0. The van der Waals surface area contributed by atoms with Crippen LogP contribution in [0.5, 0.6) is 0 Å². The first kappa shape index (κ1) is 28.5. The molecule has 1 saturated heterocycles. The van der Waals surface area contributed by atoms with E-state index < -0.39 is 37.7 Å². The Morgan fingerprint density at radius 1 is 1.05 bits per heavy atom. The lowest BCUT2D eigenvalue weighted by atomic mass is 10.2. The van der Waals surface area contributed by atoms with E-state index in [2.05, 4.69) is 15.3 Å². The number of halogens is 1. The molecule has 1 fully saturated rings. The number of carbonyl (C=O) groups excluding carboxylic acids is 2. The summed E-state index contributed by atoms with van der Waals surface area (Å²) in [6, 6.07) is 8.90. The van der Waals surface area contributed by atoms with Crippen molar-refractivity contribution >= 4 is 37.1 Å². The predicted octanol–water partition coefficient (Wildman–Crippen LogP) is 2.98. The third-order valence-electron chi connectivity index (χ3n) is 5.48. The van der Waals surface area contributed by atoms with Crippen LogP contribution < -0.4 is 5.32 Å². The molecular formula is C23H29ClN5O7P. The minimum absolute atomic E-state index is 0.0287. The highest BCUT2D eigenvalue weighted by molar-refractivity contribution is 7.54. The van der Waals surface area contributed by atoms with Gasteiger partial charge < -0.3 is 29.3 Å². The van der Waals surface area contributed by atoms with Crippen molar-refractivity contribution in [2.24, 2.45) is 0 Å². The first-order valence-corrected chi connectivity index (χ1v) is 13.8. The van der Waals surface area contributed by atoms with Gasteiger partial charge in [-0.25, -0.2) is 14.8 Å². The Bertz CT molecular complexity index is 1150. The molecule has 1 aromatic carbocycles. The summed E-state index contributed by atoms with van der Waals surface area (Å²) in [6.45, 7) is 3.87. The van der Waals surface area contributed by atoms with Gasteiger partial charge >= 0.3 is 13.7 Å². The van der Waals surface area contributed by atoms with E-state index in [0.717, 1.165) is 0 Å². The Hall–Kier alpha value is -3.05. The van der Waals surface area contributed by atoms with Crippen LogP contribution in [-0.4, -0.2) is 94.4 Å². The maximum atomic E-state index is 13.4. The molecule has 3 amide bonds. The number of nitrogens with zero attached hydrogens (tertiary/aromatic N) is 4. The van der Waals surface area contributed by atoms with E-state index in [-0.39, 0.29) is 56.1 Å². The minimum Gasteiger partial charge on any atom is -0.465 e. The fraction of sp³-hybridized carbons (Fsp3) is 0.435. The van der Waals surface area contributed by atoms with Gasteiger partial charge in [0.05, 0.1) is 19.4 Å². The first-order chi connectivity index (χ1) is 17.7. The summed E-state index contributed by atoms with van der Waals surface area (Å²) in [5, 5.41) is 11.8. The first-order valence-electron chi connectivity index (χ1n) is 11.7. The van der Waals surface area contributed by atoms with Crippen LogP contribution in [0.2, 0.25) is 5.15 Å². The summed E-state index contributed by atoms with van der Waals surface area (Å²) in [5.74, 6) is -1.05. The van der Waals surface area contributed by atoms with Crippen LogP contribution in [0.15, 0.2) is 36.4 Å². The number of hydrogen-bond acceptors (Lipinski definition) is 8. The molecular weight excluding hydrogens is 525 g/mol. The molecule has 0 saturated carbocycles. The quantitative estimate of drug-likeness (QED) is 0.334. The highest BCUT2D eigenvalue weighted by Crippen LogP contribution is 2.48. The number of hydrogen-bond donors (Lipinski definition) is 2. The molecule has 12 nitrogen and oxygen atoms in total. The van der Waals surface area contributed by atoms with Gasteiger partial charge in [-0.05, 0) is 13.8 Å². The van der Waals surface area contributed by atoms with Crippen molar-refractivity contribution in [3.05, 3.63) is 47.2 Å². The lowest BCUT2D eigenvalue weighted by Gasteiger charge is -2.35. The van der Waals surface area contributed by atoms with Crippen molar-refractivity contribution in [3.63, 3.8) is 0 Å². The monoisotopic (exact) mass is 553 g/mol. The maximum Gasteiger partial charge on any atom is 0.407 e. The third-order valence-corrected chi connectivity index (χ3v) is 7.79. The third kappa shape index (κ3) is 7.72. The molecule has 14 heteroatoms. The van der Waals surface area contributed by atoms with Crippen molar-refractivity contribution in [2.75, 3.05) is 45.6 Å². The van der Waals surface area contributed by atoms with Crippen LogP contribution in [0.3, 0.4) is 0 Å². The zero-order valence-corrected chi connectivity index (χ0v) is 22.2. The molecule has 0 bridgehead atoms. The predicted molar refractivity (Wildman–Crippen MR) is 136 cm³/mol. The average Bonchev–Trinajstić information content (AvgIpc) is 2.88. The van der Waals surface area contributed by atoms with Crippen LogP contribution in [0.1, 0.15) is 24.3 Å². The van der Waals surface area contributed by atoms with Gasteiger partial charge in [-0.2, -0.15) is 0 Å². The molecule has 1 aromatic heterocycles. The molecule has 2 heterocycles. The molecule has 1 atom stereocenters. The Balaban J connectivity index is 1.86. The van der Waals surface area contributed by atoms with Gasteiger partial charge in [0.2, 0.25) is 5.91 Å². The fourth-order valence-electron chi connectivity index (χ4n) is 3.77. The fourth-order valence-corrected chi connectivity index (χ4v) is 5.72. The average molecular weight is 554 g/mol. The van der Waals surface area contributed by atoms with E-state index in [9.17, 15) is 24.1 Å². The lowest BCUT2D eigenvalue weighted by Crippen LogP contribution is -2.56. The van der Waals surface area contributed by atoms with E-state index in [4.69, 9.17) is 20.6 Å². The Labute approximate surface area is 219 Å². The van der Waals surface area contributed by atoms with E-state index in [0.29, 0.717) is 5.56 Å². The van der Waals surface area contributed by atoms with Gasteiger partial charge in [-0.15, -0.1) is 0 Å². The summed E-state index contributed by atoms with van der Waals surface area (Å²) in [5.41, 5.74) is 0.551. The van der Waals surface area contributed by atoms with Gasteiger partial charge in [-0.3, -0.25) is 14.2 Å². The SMILES string of the molecule is CCOP(=O)(C[C@H](NC(=O)c1cc(Cl)nc(-c2ccccc2)n1)C(=O)N1CCN(C(=O)O)CC1)OCC. The van der Waals surface area contributed by atoms with Crippen LogP contribution >= 0.6 is 19.2 Å². The zero-order valence-electron chi connectivity index (χ0n) is 20.5. The standard InChI is InChI=1S/C23H29ClN5O7P/c1-3-35-37(34,36-4-2)15-18(22(31)28-10-12-29(13-11-28)23(32)33)26-21(30)17-14-19(24)27-20(25-17)16-8-6-5-7-9-16/h5-9,14,18H,3-4,10-13,15H2,1-2H3,(H,26,30)(H,32,33)/t18-/m0/s1.